The zero-order chi connectivity index (χ0) is 12.1. The van der Waals surface area contributed by atoms with Gasteiger partial charge in [-0.1, -0.05) is 6.42 Å². The molecule has 0 heterocycles. The molecule has 1 N–H and O–H groups in total. The van der Waals surface area contributed by atoms with Crippen LogP contribution in [0.1, 0.15) is 26.2 Å². The van der Waals surface area contributed by atoms with E-state index >= 15 is 0 Å². The molecule has 0 aromatic rings. The fourth-order valence-electron chi connectivity index (χ4n) is 1.84. The number of likely N-dealkylation sites (N-methyl/N-ethyl adjacent to an activating group) is 1. The summed E-state index contributed by atoms with van der Waals surface area (Å²) in [5, 5.41) is 8.61. The number of nitrogens with zero attached hydrogens (tertiary/aromatic N) is 2. The van der Waals surface area contributed by atoms with Crippen LogP contribution in [-0.2, 0) is 4.79 Å². The van der Waals surface area contributed by atoms with Crippen molar-refractivity contribution in [2.45, 2.75) is 26.2 Å². The number of carboxylic acids is 1. The second kappa shape index (κ2) is 5.72. The lowest BCUT2D eigenvalue weighted by atomic mass is 9.85. The first-order valence-electron chi connectivity index (χ1n) is 5.76. The largest absolute Gasteiger partial charge is 0.480 e. The molecule has 0 aromatic carbocycles. The van der Waals surface area contributed by atoms with Gasteiger partial charge < -0.3 is 14.9 Å². The van der Waals surface area contributed by atoms with Crippen LogP contribution in [0.15, 0.2) is 0 Å². The molecule has 92 valence electrons. The molecular weight excluding hydrogens is 208 g/mol. The number of urea groups is 1. The van der Waals surface area contributed by atoms with E-state index in [1.165, 1.54) is 31.2 Å². The normalized spacial score (nSPS) is 15.4. The van der Waals surface area contributed by atoms with Crippen LogP contribution in [0.5, 0.6) is 0 Å². The van der Waals surface area contributed by atoms with Gasteiger partial charge in [0.1, 0.15) is 6.54 Å². The fraction of sp³-hybridized carbons (Fsp3) is 0.818. The molecule has 0 radical (unpaired) electrons. The van der Waals surface area contributed by atoms with E-state index in [1.807, 2.05) is 6.92 Å². The van der Waals surface area contributed by atoms with Crippen molar-refractivity contribution in [3.05, 3.63) is 0 Å². The summed E-state index contributed by atoms with van der Waals surface area (Å²) in [6.45, 7) is 3.09. The Labute approximate surface area is 96.0 Å². The molecule has 0 spiro atoms. The van der Waals surface area contributed by atoms with Crippen LogP contribution in [0.25, 0.3) is 0 Å². The lowest BCUT2D eigenvalue weighted by Crippen LogP contribution is -2.45. The van der Waals surface area contributed by atoms with Crippen LogP contribution < -0.4 is 0 Å². The fourth-order valence-corrected chi connectivity index (χ4v) is 1.84. The van der Waals surface area contributed by atoms with Crippen LogP contribution in [0.4, 0.5) is 4.79 Å². The number of amides is 2. The van der Waals surface area contributed by atoms with Gasteiger partial charge in [-0.15, -0.1) is 0 Å². The van der Waals surface area contributed by atoms with Crippen molar-refractivity contribution in [1.29, 1.82) is 0 Å². The zero-order valence-corrected chi connectivity index (χ0v) is 9.98. The maximum atomic E-state index is 11.9. The Hall–Kier alpha value is -1.26. The molecule has 2 amide bonds. The van der Waals surface area contributed by atoms with Crippen molar-refractivity contribution in [1.82, 2.24) is 9.80 Å². The average molecular weight is 228 g/mol. The van der Waals surface area contributed by atoms with Gasteiger partial charge in [-0.2, -0.15) is 0 Å². The zero-order valence-electron chi connectivity index (χ0n) is 9.98. The standard InChI is InChI=1S/C11H20N2O3/c1-3-13(7-9-5-4-6-9)11(16)12(2)8-10(14)15/h9H,3-8H2,1-2H3,(H,14,15). The third-order valence-electron chi connectivity index (χ3n) is 3.05. The van der Waals surface area contributed by atoms with E-state index in [9.17, 15) is 9.59 Å². The van der Waals surface area contributed by atoms with Crippen LogP contribution in [0.2, 0.25) is 0 Å². The minimum absolute atomic E-state index is 0.184. The lowest BCUT2D eigenvalue weighted by Gasteiger charge is -2.33. The maximum Gasteiger partial charge on any atom is 0.323 e. The van der Waals surface area contributed by atoms with E-state index < -0.39 is 5.97 Å². The molecule has 16 heavy (non-hydrogen) atoms. The summed E-state index contributed by atoms with van der Waals surface area (Å²) in [5.41, 5.74) is 0. The minimum atomic E-state index is -0.976. The van der Waals surface area contributed by atoms with E-state index in [0.717, 1.165) is 6.54 Å². The van der Waals surface area contributed by atoms with Crippen molar-refractivity contribution < 1.29 is 14.7 Å². The number of carboxylic acid groups (broad SMARTS) is 1. The highest BCUT2D eigenvalue weighted by Crippen LogP contribution is 2.27. The minimum Gasteiger partial charge on any atom is -0.480 e. The van der Waals surface area contributed by atoms with Crippen molar-refractivity contribution in [2.24, 2.45) is 5.92 Å². The van der Waals surface area contributed by atoms with E-state index in [2.05, 4.69) is 0 Å². The highest BCUT2D eigenvalue weighted by atomic mass is 16.4. The van der Waals surface area contributed by atoms with E-state index in [-0.39, 0.29) is 12.6 Å². The maximum absolute atomic E-state index is 11.9. The number of rotatable bonds is 5. The monoisotopic (exact) mass is 228 g/mol. The summed E-state index contributed by atoms with van der Waals surface area (Å²) >= 11 is 0. The Morgan fingerprint density at radius 1 is 1.38 bits per heavy atom. The quantitative estimate of drug-likeness (QED) is 0.770. The molecule has 0 unspecified atom stereocenters. The van der Waals surface area contributed by atoms with E-state index in [1.54, 1.807) is 4.90 Å². The summed E-state index contributed by atoms with van der Waals surface area (Å²) in [6.07, 6.45) is 3.63. The molecule has 1 aliphatic rings. The van der Waals surface area contributed by atoms with Crippen molar-refractivity contribution in [3.63, 3.8) is 0 Å². The van der Waals surface area contributed by atoms with Gasteiger partial charge in [0, 0.05) is 20.1 Å². The first-order valence-corrected chi connectivity index (χ1v) is 5.76. The van der Waals surface area contributed by atoms with Crippen LogP contribution in [0.3, 0.4) is 0 Å². The van der Waals surface area contributed by atoms with Crippen LogP contribution in [-0.4, -0.2) is 53.6 Å². The number of carbonyl (C=O) groups is 2. The molecule has 0 saturated heterocycles. The Balaban J connectivity index is 2.43. The second-order valence-corrected chi connectivity index (χ2v) is 4.37. The average Bonchev–Trinajstić information content (AvgIpc) is 2.14. The molecule has 0 bridgehead atoms. The smallest absolute Gasteiger partial charge is 0.323 e. The Bertz CT molecular complexity index is 264. The van der Waals surface area contributed by atoms with E-state index in [4.69, 9.17) is 5.11 Å². The first-order chi connectivity index (χ1) is 7.54. The van der Waals surface area contributed by atoms with Crippen molar-refractivity contribution >= 4 is 12.0 Å². The molecule has 5 nitrogen and oxygen atoms in total. The third kappa shape index (κ3) is 3.40. The Morgan fingerprint density at radius 3 is 2.38 bits per heavy atom. The Kier molecular flexibility index (Phi) is 4.58. The van der Waals surface area contributed by atoms with Gasteiger partial charge in [-0.3, -0.25) is 4.79 Å². The van der Waals surface area contributed by atoms with Crippen molar-refractivity contribution in [3.8, 4) is 0 Å². The topological polar surface area (TPSA) is 60.9 Å². The summed E-state index contributed by atoms with van der Waals surface area (Å²) in [7, 11) is 1.53. The van der Waals surface area contributed by atoms with Gasteiger partial charge in [0.25, 0.3) is 0 Å². The van der Waals surface area contributed by atoms with Crippen LogP contribution >= 0.6 is 0 Å². The molecule has 1 aliphatic carbocycles. The highest BCUT2D eigenvalue weighted by molar-refractivity contribution is 5.79. The summed E-state index contributed by atoms with van der Waals surface area (Å²) < 4.78 is 0. The predicted octanol–water partition coefficient (Wildman–Crippen LogP) is 1.24. The van der Waals surface area contributed by atoms with Gasteiger partial charge in [-0.25, -0.2) is 4.79 Å². The lowest BCUT2D eigenvalue weighted by molar-refractivity contribution is -0.137. The predicted molar refractivity (Wildman–Crippen MR) is 60.2 cm³/mol. The third-order valence-corrected chi connectivity index (χ3v) is 3.05. The number of carbonyl (C=O) groups excluding carboxylic acids is 1. The number of hydrogen-bond acceptors (Lipinski definition) is 2. The SMILES string of the molecule is CCN(CC1CCC1)C(=O)N(C)CC(=O)O. The van der Waals surface area contributed by atoms with Gasteiger partial charge in [0.15, 0.2) is 0 Å². The summed E-state index contributed by atoms with van der Waals surface area (Å²) in [4.78, 5) is 25.4. The van der Waals surface area contributed by atoms with Crippen LogP contribution in [0, 0.1) is 5.92 Å². The second-order valence-electron chi connectivity index (χ2n) is 4.37. The molecule has 0 atom stereocenters. The van der Waals surface area contributed by atoms with Gasteiger partial charge >= 0.3 is 12.0 Å². The first kappa shape index (κ1) is 12.8. The summed E-state index contributed by atoms with van der Waals surface area (Å²) in [5.74, 6) is -0.363. The van der Waals surface area contributed by atoms with Gasteiger partial charge in [0.05, 0.1) is 0 Å². The molecule has 1 rings (SSSR count). The van der Waals surface area contributed by atoms with Crippen molar-refractivity contribution in [2.75, 3.05) is 26.7 Å². The highest BCUT2D eigenvalue weighted by Gasteiger charge is 2.24. The van der Waals surface area contributed by atoms with E-state index in [0.29, 0.717) is 12.5 Å². The van der Waals surface area contributed by atoms with Gasteiger partial charge in [0.2, 0.25) is 0 Å². The van der Waals surface area contributed by atoms with Gasteiger partial charge in [-0.05, 0) is 25.7 Å². The summed E-state index contributed by atoms with van der Waals surface area (Å²) in [6, 6.07) is -0.184. The molecule has 1 saturated carbocycles. The number of hydrogen-bond donors (Lipinski definition) is 1. The molecule has 5 heteroatoms. The molecule has 1 fully saturated rings. The Morgan fingerprint density at radius 2 is 2.00 bits per heavy atom. The molecule has 0 aliphatic heterocycles. The number of aliphatic carboxylic acids is 1. The molecule has 0 aromatic heterocycles. The molecular formula is C11H20N2O3.